The molecule has 0 bridgehead atoms. The highest BCUT2D eigenvalue weighted by molar-refractivity contribution is 5.82. The number of benzene rings is 1. The Bertz CT molecular complexity index is 1220. The zero-order valence-corrected chi connectivity index (χ0v) is 18.4. The van der Waals surface area contributed by atoms with E-state index in [1.54, 1.807) is 13.3 Å². The SMILES string of the molecule is COc1cncnc1-c1ccc2nc(Cc3cc(C(C)N4CCNCC4)ccn3)[nH]c2c1. The van der Waals surface area contributed by atoms with Gasteiger partial charge in [-0.1, -0.05) is 6.07 Å². The van der Waals surface area contributed by atoms with Crippen LogP contribution in [-0.4, -0.2) is 63.1 Å². The molecule has 8 heteroatoms. The van der Waals surface area contributed by atoms with Crippen molar-refractivity contribution >= 4 is 11.0 Å². The van der Waals surface area contributed by atoms with Gasteiger partial charge < -0.3 is 15.0 Å². The molecule has 1 aromatic carbocycles. The molecule has 1 aliphatic heterocycles. The Labute approximate surface area is 187 Å². The van der Waals surface area contributed by atoms with Crippen LogP contribution in [-0.2, 0) is 6.42 Å². The van der Waals surface area contributed by atoms with Gasteiger partial charge in [-0.25, -0.2) is 15.0 Å². The van der Waals surface area contributed by atoms with Crippen molar-refractivity contribution in [3.63, 3.8) is 0 Å². The van der Waals surface area contributed by atoms with Gasteiger partial charge in [-0.05, 0) is 36.8 Å². The third kappa shape index (κ3) is 4.19. The minimum atomic E-state index is 0.375. The summed E-state index contributed by atoms with van der Waals surface area (Å²) < 4.78 is 5.40. The molecule has 2 N–H and O–H groups in total. The van der Waals surface area contributed by atoms with Gasteiger partial charge in [0.25, 0.3) is 0 Å². The number of piperazine rings is 1. The van der Waals surface area contributed by atoms with Crippen molar-refractivity contribution < 1.29 is 4.74 Å². The van der Waals surface area contributed by atoms with E-state index in [4.69, 9.17) is 9.72 Å². The molecule has 164 valence electrons. The predicted octanol–water partition coefficient (Wildman–Crippen LogP) is 2.98. The highest BCUT2D eigenvalue weighted by atomic mass is 16.5. The Hall–Kier alpha value is -3.36. The summed E-state index contributed by atoms with van der Waals surface area (Å²) in [5.41, 5.74) is 5.91. The van der Waals surface area contributed by atoms with Gasteiger partial charge in [-0.3, -0.25) is 9.88 Å². The molecule has 1 unspecified atom stereocenters. The fraction of sp³-hybridized carbons (Fsp3) is 0.333. The summed E-state index contributed by atoms with van der Waals surface area (Å²) in [7, 11) is 1.62. The summed E-state index contributed by atoms with van der Waals surface area (Å²) in [5.74, 6) is 1.54. The number of fused-ring (bicyclic) bond motifs is 1. The van der Waals surface area contributed by atoms with Crippen molar-refractivity contribution in [2.24, 2.45) is 0 Å². The third-order valence-electron chi connectivity index (χ3n) is 6.07. The van der Waals surface area contributed by atoms with Crippen molar-refractivity contribution in [2.45, 2.75) is 19.4 Å². The number of hydrogen-bond acceptors (Lipinski definition) is 7. The van der Waals surface area contributed by atoms with Gasteiger partial charge in [0.15, 0.2) is 5.75 Å². The number of aromatic amines is 1. The Kier molecular flexibility index (Phi) is 5.79. The number of aromatic nitrogens is 5. The molecule has 0 radical (unpaired) electrons. The maximum absolute atomic E-state index is 5.40. The molecular weight excluding hydrogens is 402 g/mol. The second-order valence-corrected chi connectivity index (χ2v) is 8.07. The van der Waals surface area contributed by atoms with E-state index < -0.39 is 0 Å². The second kappa shape index (κ2) is 9.02. The topological polar surface area (TPSA) is 91.8 Å². The molecule has 0 amide bonds. The van der Waals surface area contributed by atoms with E-state index in [2.05, 4.69) is 49.2 Å². The minimum Gasteiger partial charge on any atom is -0.493 e. The van der Waals surface area contributed by atoms with E-state index in [1.165, 1.54) is 11.9 Å². The van der Waals surface area contributed by atoms with Gasteiger partial charge in [-0.2, -0.15) is 0 Å². The van der Waals surface area contributed by atoms with Crippen LogP contribution in [0.4, 0.5) is 0 Å². The van der Waals surface area contributed by atoms with E-state index in [9.17, 15) is 0 Å². The zero-order chi connectivity index (χ0) is 21.9. The van der Waals surface area contributed by atoms with Gasteiger partial charge in [-0.15, -0.1) is 0 Å². The molecule has 1 fully saturated rings. The van der Waals surface area contributed by atoms with Crippen LogP contribution in [0.25, 0.3) is 22.3 Å². The zero-order valence-electron chi connectivity index (χ0n) is 18.4. The van der Waals surface area contributed by atoms with Crippen LogP contribution in [0.2, 0.25) is 0 Å². The first-order valence-corrected chi connectivity index (χ1v) is 10.9. The molecule has 1 atom stereocenters. The number of methoxy groups -OCH3 is 1. The molecule has 0 spiro atoms. The molecule has 1 saturated heterocycles. The molecule has 8 nitrogen and oxygen atoms in total. The summed E-state index contributed by atoms with van der Waals surface area (Å²) in [5, 5.41) is 3.42. The molecule has 32 heavy (non-hydrogen) atoms. The van der Waals surface area contributed by atoms with E-state index in [0.29, 0.717) is 18.2 Å². The van der Waals surface area contributed by atoms with E-state index in [0.717, 1.165) is 60.0 Å². The highest BCUT2D eigenvalue weighted by Crippen LogP contribution is 2.29. The third-order valence-corrected chi connectivity index (χ3v) is 6.07. The molecular formula is C24H27N7O. The van der Waals surface area contributed by atoms with Gasteiger partial charge in [0.05, 0.1) is 24.3 Å². The van der Waals surface area contributed by atoms with Crippen LogP contribution >= 0.6 is 0 Å². The van der Waals surface area contributed by atoms with Gasteiger partial charge in [0, 0.05) is 56.1 Å². The van der Waals surface area contributed by atoms with Crippen molar-refractivity contribution in [1.82, 2.24) is 35.1 Å². The van der Waals surface area contributed by atoms with Gasteiger partial charge in [0.1, 0.15) is 17.8 Å². The highest BCUT2D eigenvalue weighted by Gasteiger charge is 2.18. The Balaban J connectivity index is 1.38. The number of pyridine rings is 1. The van der Waals surface area contributed by atoms with Gasteiger partial charge in [0.2, 0.25) is 0 Å². The number of nitrogens with zero attached hydrogens (tertiary/aromatic N) is 5. The van der Waals surface area contributed by atoms with Gasteiger partial charge >= 0.3 is 0 Å². The van der Waals surface area contributed by atoms with Crippen LogP contribution in [0.15, 0.2) is 49.1 Å². The van der Waals surface area contributed by atoms with Crippen molar-refractivity contribution in [1.29, 1.82) is 0 Å². The first-order chi connectivity index (χ1) is 15.7. The molecule has 0 saturated carbocycles. The van der Waals surface area contributed by atoms with Crippen LogP contribution in [0, 0.1) is 0 Å². The summed E-state index contributed by atoms with van der Waals surface area (Å²) >= 11 is 0. The Morgan fingerprint density at radius 2 is 2.00 bits per heavy atom. The molecule has 1 aliphatic rings. The number of nitrogens with one attached hydrogen (secondary N) is 2. The van der Waals surface area contributed by atoms with Crippen LogP contribution in [0.3, 0.4) is 0 Å². The number of imidazole rings is 1. The smallest absolute Gasteiger partial charge is 0.163 e. The molecule has 4 aromatic rings. The van der Waals surface area contributed by atoms with Crippen LogP contribution in [0.5, 0.6) is 5.75 Å². The summed E-state index contributed by atoms with van der Waals surface area (Å²) in [4.78, 5) is 23.7. The lowest BCUT2D eigenvalue weighted by molar-refractivity contribution is 0.185. The van der Waals surface area contributed by atoms with Crippen molar-refractivity contribution in [3.8, 4) is 17.0 Å². The molecule has 0 aliphatic carbocycles. The Morgan fingerprint density at radius 3 is 2.84 bits per heavy atom. The van der Waals surface area contributed by atoms with Crippen molar-refractivity contribution in [2.75, 3.05) is 33.3 Å². The lowest BCUT2D eigenvalue weighted by Gasteiger charge is -2.33. The average molecular weight is 430 g/mol. The maximum Gasteiger partial charge on any atom is 0.163 e. The molecule has 4 heterocycles. The van der Waals surface area contributed by atoms with E-state index in [1.807, 2.05) is 24.4 Å². The fourth-order valence-corrected chi connectivity index (χ4v) is 4.28. The first kappa shape index (κ1) is 20.5. The normalized spacial score (nSPS) is 15.7. The second-order valence-electron chi connectivity index (χ2n) is 8.07. The lowest BCUT2D eigenvalue weighted by Crippen LogP contribution is -2.44. The summed E-state index contributed by atoms with van der Waals surface area (Å²) in [6.07, 6.45) is 5.76. The lowest BCUT2D eigenvalue weighted by atomic mass is 10.1. The predicted molar refractivity (Wildman–Crippen MR) is 124 cm³/mol. The number of ether oxygens (including phenoxy) is 1. The summed E-state index contributed by atoms with van der Waals surface area (Å²) in [6.45, 7) is 6.51. The monoisotopic (exact) mass is 429 g/mol. The summed E-state index contributed by atoms with van der Waals surface area (Å²) in [6, 6.07) is 10.8. The minimum absolute atomic E-state index is 0.375. The largest absolute Gasteiger partial charge is 0.493 e. The van der Waals surface area contributed by atoms with Crippen molar-refractivity contribution in [3.05, 3.63) is 66.1 Å². The van der Waals surface area contributed by atoms with E-state index in [-0.39, 0.29) is 0 Å². The first-order valence-electron chi connectivity index (χ1n) is 10.9. The fourth-order valence-electron chi connectivity index (χ4n) is 4.28. The standard InChI is InChI=1S/C24H27N7O/c1-16(31-9-7-25-8-10-31)17-5-6-27-19(11-17)13-23-29-20-4-3-18(12-21(20)30-23)24-22(32-2)14-26-15-28-24/h3-6,11-12,14-16,25H,7-10,13H2,1-2H3,(H,29,30). The van der Waals surface area contributed by atoms with Crippen LogP contribution in [0.1, 0.15) is 30.0 Å². The quantitative estimate of drug-likeness (QED) is 0.487. The Morgan fingerprint density at radius 1 is 1.12 bits per heavy atom. The molecule has 3 aromatic heterocycles. The number of H-pyrrole nitrogens is 1. The van der Waals surface area contributed by atoms with Crippen LogP contribution < -0.4 is 10.1 Å². The maximum atomic E-state index is 5.40. The molecule has 5 rings (SSSR count). The average Bonchev–Trinajstić information content (AvgIpc) is 3.25. The number of rotatable bonds is 6. The van der Waals surface area contributed by atoms with E-state index >= 15 is 0 Å². The number of hydrogen-bond donors (Lipinski definition) is 2.